The Morgan fingerprint density at radius 3 is 2.73 bits per heavy atom. The van der Waals surface area contributed by atoms with E-state index < -0.39 is 11.7 Å². The quantitative estimate of drug-likeness (QED) is 0.868. The Hall–Kier alpha value is -1.10. The summed E-state index contributed by atoms with van der Waals surface area (Å²) in [7, 11) is 0. The number of phenolic OH excluding ortho intramolecular Hbond substituents is 1. The number of amides is 1. The Kier molecular flexibility index (Phi) is 2.65. The molecule has 1 aromatic carbocycles. The number of phenols is 1. The van der Waals surface area contributed by atoms with Crippen molar-refractivity contribution in [3.8, 4) is 5.75 Å². The second kappa shape index (κ2) is 3.81. The van der Waals surface area contributed by atoms with Gasteiger partial charge in [0.1, 0.15) is 17.1 Å². The molecule has 2 N–H and O–H groups in total. The molecule has 1 fully saturated rings. The molecule has 5 heteroatoms. The minimum Gasteiger partial charge on any atom is -0.507 e. The van der Waals surface area contributed by atoms with Crippen molar-refractivity contribution in [3.05, 3.63) is 28.0 Å². The van der Waals surface area contributed by atoms with E-state index >= 15 is 0 Å². The van der Waals surface area contributed by atoms with Crippen LogP contribution in [0, 0.1) is 5.82 Å². The molecule has 80 valence electrons. The molecule has 1 aliphatic carbocycles. The maximum atomic E-state index is 13.4. The fraction of sp³-hybridized carbons (Fsp3) is 0.300. The Bertz CT molecular complexity index is 395. The highest BCUT2D eigenvalue weighted by atomic mass is 79.9. The fourth-order valence-corrected chi connectivity index (χ4v) is 1.69. The van der Waals surface area contributed by atoms with Crippen LogP contribution in [-0.4, -0.2) is 17.1 Å². The van der Waals surface area contributed by atoms with E-state index in [0.29, 0.717) is 4.47 Å². The number of rotatable bonds is 2. The van der Waals surface area contributed by atoms with Gasteiger partial charge < -0.3 is 10.4 Å². The predicted octanol–water partition coefficient (Wildman–Crippen LogP) is 2.19. The van der Waals surface area contributed by atoms with Gasteiger partial charge in [-0.2, -0.15) is 0 Å². The van der Waals surface area contributed by atoms with Crippen molar-refractivity contribution in [1.82, 2.24) is 5.32 Å². The lowest BCUT2D eigenvalue weighted by molar-refractivity contribution is 0.0944. The molecule has 1 saturated carbocycles. The largest absolute Gasteiger partial charge is 0.507 e. The number of nitrogens with one attached hydrogen (secondary N) is 1. The maximum Gasteiger partial charge on any atom is 0.258 e. The van der Waals surface area contributed by atoms with Gasteiger partial charge in [0.25, 0.3) is 5.91 Å². The van der Waals surface area contributed by atoms with Crippen molar-refractivity contribution in [2.75, 3.05) is 0 Å². The summed E-state index contributed by atoms with van der Waals surface area (Å²) in [6, 6.07) is 2.59. The van der Waals surface area contributed by atoms with E-state index in [1.54, 1.807) is 0 Å². The third kappa shape index (κ3) is 2.28. The molecule has 15 heavy (non-hydrogen) atoms. The lowest BCUT2D eigenvalue weighted by Crippen LogP contribution is -2.26. The molecule has 0 bridgehead atoms. The van der Waals surface area contributed by atoms with Crippen LogP contribution < -0.4 is 5.32 Å². The highest BCUT2D eigenvalue weighted by Gasteiger charge is 2.26. The minimum absolute atomic E-state index is 0.139. The van der Waals surface area contributed by atoms with Crippen LogP contribution in [0.25, 0.3) is 0 Å². The Morgan fingerprint density at radius 2 is 2.20 bits per heavy atom. The molecule has 0 unspecified atom stereocenters. The summed E-state index contributed by atoms with van der Waals surface area (Å²) < 4.78 is 13.8. The van der Waals surface area contributed by atoms with Gasteiger partial charge in [0, 0.05) is 10.5 Å². The third-order valence-corrected chi connectivity index (χ3v) is 2.63. The molecule has 0 atom stereocenters. The zero-order valence-electron chi connectivity index (χ0n) is 7.76. The summed E-state index contributed by atoms with van der Waals surface area (Å²) >= 11 is 3.03. The Morgan fingerprint density at radius 1 is 1.53 bits per heavy atom. The van der Waals surface area contributed by atoms with Gasteiger partial charge in [0.2, 0.25) is 0 Å². The van der Waals surface area contributed by atoms with Crippen molar-refractivity contribution >= 4 is 21.8 Å². The second-order valence-corrected chi connectivity index (χ2v) is 4.45. The van der Waals surface area contributed by atoms with Crippen molar-refractivity contribution in [2.24, 2.45) is 0 Å². The average molecular weight is 274 g/mol. The van der Waals surface area contributed by atoms with Gasteiger partial charge >= 0.3 is 0 Å². The first kappa shape index (κ1) is 10.4. The summed E-state index contributed by atoms with van der Waals surface area (Å²) in [6.45, 7) is 0. The normalized spacial score (nSPS) is 15.1. The summed E-state index contributed by atoms with van der Waals surface area (Å²) in [5.41, 5.74) is -0.287. The first-order valence-corrected chi connectivity index (χ1v) is 5.36. The topological polar surface area (TPSA) is 49.3 Å². The standard InChI is InChI=1S/C10H9BrFNO2/c11-5-3-7(12)9(8(14)4-5)10(15)13-6-1-2-6/h3-4,6,14H,1-2H2,(H,13,15). The van der Waals surface area contributed by atoms with Crippen LogP contribution in [0.15, 0.2) is 16.6 Å². The van der Waals surface area contributed by atoms with Crippen LogP contribution >= 0.6 is 15.9 Å². The fourth-order valence-electron chi connectivity index (χ4n) is 1.27. The number of hydrogen-bond acceptors (Lipinski definition) is 2. The lowest BCUT2D eigenvalue weighted by atomic mass is 10.1. The molecule has 2 rings (SSSR count). The number of hydrogen-bond donors (Lipinski definition) is 2. The van der Waals surface area contributed by atoms with Crippen molar-refractivity contribution in [3.63, 3.8) is 0 Å². The predicted molar refractivity (Wildman–Crippen MR) is 56.3 cm³/mol. The van der Waals surface area contributed by atoms with Crippen molar-refractivity contribution < 1.29 is 14.3 Å². The van der Waals surface area contributed by atoms with Crippen molar-refractivity contribution in [2.45, 2.75) is 18.9 Å². The van der Waals surface area contributed by atoms with Gasteiger partial charge in [-0.3, -0.25) is 4.79 Å². The lowest BCUT2D eigenvalue weighted by Gasteiger charge is -2.07. The SMILES string of the molecule is O=C(NC1CC1)c1c(O)cc(Br)cc1F. The molecular formula is C10H9BrFNO2. The van der Waals surface area contributed by atoms with E-state index in [0.717, 1.165) is 18.9 Å². The molecule has 0 radical (unpaired) electrons. The van der Waals surface area contributed by atoms with Crippen LogP contribution in [0.4, 0.5) is 4.39 Å². The number of aromatic hydroxyl groups is 1. The molecule has 0 spiro atoms. The van der Waals surface area contributed by atoms with Gasteiger partial charge in [0.15, 0.2) is 0 Å². The molecule has 1 aliphatic rings. The molecule has 3 nitrogen and oxygen atoms in total. The highest BCUT2D eigenvalue weighted by Crippen LogP contribution is 2.27. The van der Waals surface area contributed by atoms with Gasteiger partial charge in [-0.1, -0.05) is 15.9 Å². The molecule has 0 heterocycles. The molecule has 0 saturated heterocycles. The Labute approximate surface area is 94.4 Å². The number of benzene rings is 1. The van der Waals surface area contributed by atoms with E-state index in [1.807, 2.05) is 0 Å². The van der Waals surface area contributed by atoms with Crippen LogP contribution in [0.3, 0.4) is 0 Å². The molecular weight excluding hydrogens is 265 g/mol. The zero-order valence-corrected chi connectivity index (χ0v) is 9.34. The third-order valence-electron chi connectivity index (χ3n) is 2.17. The first-order chi connectivity index (χ1) is 7.08. The van der Waals surface area contributed by atoms with E-state index in [9.17, 15) is 14.3 Å². The summed E-state index contributed by atoms with van der Waals surface area (Å²) in [4.78, 5) is 11.5. The summed E-state index contributed by atoms with van der Waals surface area (Å²) in [6.07, 6.45) is 1.84. The summed E-state index contributed by atoms with van der Waals surface area (Å²) in [5.74, 6) is -1.62. The number of halogens is 2. The number of carbonyl (C=O) groups excluding carboxylic acids is 1. The van der Waals surface area contributed by atoms with E-state index in [-0.39, 0.29) is 17.4 Å². The molecule has 0 aromatic heterocycles. The smallest absolute Gasteiger partial charge is 0.258 e. The van der Waals surface area contributed by atoms with Gasteiger partial charge in [-0.25, -0.2) is 4.39 Å². The van der Waals surface area contributed by atoms with Crippen LogP contribution in [0.5, 0.6) is 5.75 Å². The second-order valence-electron chi connectivity index (χ2n) is 3.53. The monoisotopic (exact) mass is 273 g/mol. The Balaban J connectivity index is 2.29. The average Bonchev–Trinajstić information content (AvgIpc) is 2.85. The van der Waals surface area contributed by atoms with E-state index in [1.165, 1.54) is 6.07 Å². The molecule has 1 amide bonds. The van der Waals surface area contributed by atoms with Gasteiger partial charge in [-0.15, -0.1) is 0 Å². The van der Waals surface area contributed by atoms with Gasteiger partial charge in [-0.05, 0) is 25.0 Å². The number of carbonyl (C=O) groups is 1. The first-order valence-electron chi connectivity index (χ1n) is 4.57. The van der Waals surface area contributed by atoms with Gasteiger partial charge in [0.05, 0.1) is 0 Å². The van der Waals surface area contributed by atoms with Crippen LogP contribution in [0.1, 0.15) is 23.2 Å². The summed E-state index contributed by atoms with van der Waals surface area (Å²) in [5, 5.41) is 12.1. The van der Waals surface area contributed by atoms with Crippen molar-refractivity contribution in [1.29, 1.82) is 0 Å². The van der Waals surface area contributed by atoms with Crippen LogP contribution in [-0.2, 0) is 0 Å². The zero-order chi connectivity index (χ0) is 11.0. The minimum atomic E-state index is -0.722. The molecule has 1 aromatic rings. The van der Waals surface area contributed by atoms with E-state index in [2.05, 4.69) is 21.2 Å². The molecule has 0 aliphatic heterocycles. The highest BCUT2D eigenvalue weighted by molar-refractivity contribution is 9.10. The maximum absolute atomic E-state index is 13.4. The van der Waals surface area contributed by atoms with E-state index in [4.69, 9.17) is 0 Å². The van der Waals surface area contributed by atoms with Crippen LogP contribution in [0.2, 0.25) is 0 Å².